The van der Waals surface area contributed by atoms with Gasteiger partial charge in [0.05, 0.1) is 17.8 Å². The molecule has 0 spiro atoms. The number of likely N-dealkylation sites (N-methyl/N-ethyl adjacent to an activating group) is 1. The van der Waals surface area contributed by atoms with Crippen LogP contribution in [-0.4, -0.2) is 39.6 Å². The molecule has 4 rings (SSSR count). The minimum atomic E-state index is -0.279. The van der Waals surface area contributed by atoms with Crippen LogP contribution in [0.25, 0.3) is 21.8 Å². The van der Waals surface area contributed by atoms with Crippen molar-refractivity contribution in [1.29, 1.82) is 0 Å². The van der Waals surface area contributed by atoms with Gasteiger partial charge in [-0.2, -0.15) is 5.10 Å². The number of hydrogen-bond donors (Lipinski definition) is 1. The molecular weight excluding hydrogens is 423 g/mol. The summed E-state index contributed by atoms with van der Waals surface area (Å²) in [6, 6.07) is 16.6. The Hall–Kier alpha value is -3.32. The SMILES string of the molecule is Cc1ccc(-c2nc(CC(=O)N(C)CCCc3cc(-c4cccc(F)c4)n[nH]3)cs2)cc1. The molecule has 32 heavy (non-hydrogen) atoms. The first-order chi connectivity index (χ1) is 15.5. The lowest BCUT2D eigenvalue weighted by molar-refractivity contribution is -0.129. The molecule has 0 unspecified atom stereocenters. The van der Waals surface area contributed by atoms with E-state index in [0.717, 1.165) is 46.1 Å². The first kappa shape index (κ1) is 21.9. The van der Waals surface area contributed by atoms with E-state index in [4.69, 9.17) is 0 Å². The van der Waals surface area contributed by atoms with Gasteiger partial charge in [0.2, 0.25) is 5.91 Å². The molecular formula is C25H25FN4OS. The maximum absolute atomic E-state index is 13.4. The molecule has 5 nitrogen and oxygen atoms in total. The average molecular weight is 449 g/mol. The zero-order chi connectivity index (χ0) is 22.5. The predicted molar refractivity (Wildman–Crippen MR) is 126 cm³/mol. The standard InChI is InChI=1S/C25H25FN4OS/c1-17-8-10-18(11-9-17)25-27-22(16-32-25)15-24(31)30(2)12-4-7-21-14-23(29-28-21)19-5-3-6-20(26)13-19/h3,5-6,8-11,13-14,16H,4,7,12,15H2,1-2H3,(H,28,29). The Morgan fingerprint density at radius 1 is 1.12 bits per heavy atom. The molecule has 164 valence electrons. The van der Waals surface area contributed by atoms with E-state index >= 15 is 0 Å². The number of nitrogens with one attached hydrogen (secondary N) is 1. The summed E-state index contributed by atoms with van der Waals surface area (Å²) >= 11 is 1.56. The van der Waals surface area contributed by atoms with Gasteiger partial charge in [0, 0.05) is 35.8 Å². The lowest BCUT2D eigenvalue weighted by Gasteiger charge is -2.16. The maximum atomic E-state index is 13.4. The van der Waals surface area contributed by atoms with Gasteiger partial charge in [0.25, 0.3) is 0 Å². The number of thiazole rings is 1. The first-order valence-electron chi connectivity index (χ1n) is 10.5. The highest BCUT2D eigenvalue weighted by molar-refractivity contribution is 7.13. The highest BCUT2D eigenvalue weighted by Gasteiger charge is 2.13. The molecule has 1 amide bonds. The summed E-state index contributed by atoms with van der Waals surface area (Å²) in [5.41, 5.74) is 5.51. The molecule has 0 saturated carbocycles. The van der Waals surface area contributed by atoms with Crippen LogP contribution in [0.15, 0.2) is 60.0 Å². The third kappa shape index (κ3) is 5.48. The van der Waals surface area contributed by atoms with Crippen molar-refractivity contribution < 1.29 is 9.18 Å². The van der Waals surface area contributed by atoms with Crippen LogP contribution in [0.5, 0.6) is 0 Å². The predicted octanol–water partition coefficient (Wildman–Crippen LogP) is 5.28. The molecule has 0 fully saturated rings. The second kappa shape index (κ2) is 9.87. The number of rotatable bonds is 8. The summed E-state index contributed by atoms with van der Waals surface area (Å²) in [4.78, 5) is 19.0. The molecule has 2 heterocycles. The summed E-state index contributed by atoms with van der Waals surface area (Å²) < 4.78 is 13.4. The largest absolute Gasteiger partial charge is 0.345 e. The molecule has 4 aromatic rings. The van der Waals surface area contributed by atoms with Crippen molar-refractivity contribution in [1.82, 2.24) is 20.1 Å². The minimum absolute atomic E-state index is 0.0517. The van der Waals surface area contributed by atoms with E-state index < -0.39 is 0 Å². The third-order valence-corrected chi connectivity index (χ3v) is 6.24. The van der Waals surface area contributed by atoms with Crippen molar-refractivity contribution in [2.45, 2.75) is 26.2 Å². The van der Waals surface area contributed by atoms with Crippen molar-refractivity contribution in [2.75, 3.05) is 13.6 Å². The second-order valence-corrected chi connectivity index (χ2v) is 8.75. The molecule has 1 N–H and O–H groups in total. The maximum Gasteiger partial charge on any atom is 0.228 e. The van der Waals surface area contributed by atoms with Crippen LogP contribution < -0.4 is 0 Å². The number of amides is 1. The van der Waals surface area contributed by atoms with Crippen molar-refractivity contribution in [3.63, 3.8) is 0 Å². The molecule has 0 aliphatic carbocycles. The Bertz CT molecular complexity index is 1200. The number of aryl methyl sites for hydroxylation is 2. The van der Waals surface area contributed by atoms with Crippen molar-refractivity contribution in [3.05, 3.63) is 82.7 Å². The Kier molecular flexibility index (Phi) is 6.75. The number of carbonyl (C=O) groups is 1. The molecule has 0 aliphatic heterocycles. The fourth-order valence-electron chi connectivity index (χ4n) is 3.42. The van der Waals surface area contributed by atoms with Gasteiger partial charge in [0.1, 0.15) is 10.8 Å². The second-order valence-electron chi connectivity index (χ2n) is 7.89. The minimum Gasteiger partial charge on any atom is -0.345 e. The van der Waals surface area contributed by atoms with Crippen LogP contribution in [-0.2, 0) is 17.6 Å². The quantitative estimate of drug-likeness (QED) is 0.399. The van der Waals surface area contributed by atoms with Gasteiger partial charge in [0.15, 0.2) is 0 Å². The fraction of sp³-hybridized carbons (Fsp3) is 0.240. The van der Waals surface area contributed by atoms with Gasteiger partial charge in [-0.15, -0.1) is 11.3 Å². The lowest BCUT2D eigenvalue weighted by Crippen LogP contribution is -2.29. The molecule has 7 heteroatoms. The summed E-state index contributed by atoms with van der Waals surface area (Å²) in [5, 5.41) is 10.2. The molecule has 2 aromatic carbocycles. The Balaban J connectivity index is 1.26. The van der Waals surface area contributed by atoms with E-state index in [-0.39, 0.29) is 11.7 Å². The van der Waals surface area contributed by atoms with Crippen LogP contribution in [0, 0.1) is 12.7 Å². The number of nitrogens with zero attached hydrogens (tertiary/aromatic N) is 3. The molecule has 0 bridgehead atoms. The first-order valence-corrected chi connectivity index (χ1v) is 11.4. The highest BCUT2D eigenvalue weighted by atomic mass is 32.1. The normalized spacial score (nSPS) is 11.0. The monoisotopic (exact) mass is 448 g/mol. The molecule has 0 radical (unpaired) electrons. The lowest BCUT2D eigenvalue weighted by atomic mass is 10.1. The molecule has 0 aliphatic rings. The van der Waals surface area contributed by atoms with Crippen LogP contribution in [0.2, 0.25) is 0 Å². The van der Waals surface area contributed by atoms with Crippen LogP contribution in [0.1, 0.15) is 23.4 Å². The molecule has 0 saturated heterocycles. The smallest absolute Gasteiger partial charge is 0.228 e. The number of aromatic nitrogens is 3. The van der Waals surface area contributed by atoms with Gasteiger partial charge < -0.3 is 4.90 Å². The summed E-state index contributed by atoms with van der Waals surface area (Å²) in [6.45, 7) is 2.70. The van der Waals surface area contributed by atoms with E-state index in [0.29, 0.717) is 13.0 Å². The highest BCUT2D eigenvalue weighted by Crippen LogP contribution is 2.24. The number of H-pyrrole nitrogens is 1. The van der Waals surface area contributed by atoms with Gasteiger partial charge in [-0.05, 0) is 38.0 Å². The fourth-order valence-corrected chi connectivity index (χ4v) is 4.25. The van der Waals surface area contributed by atoms with E-state index in [1.807, 2.05) is 24.6 Å². The van der Waals surface area contributed by atoms with Crippen molar-refractivity contribution in [2.24, 2.45) is 0 Å². The Morgan fingerprint density at radius 3 is 2.72 bits per heavy atom. The van der Waals surface area contributed by atoms with Gasteiger partial charge >= 0.3 is 0 Å². The zero-order valence-electron chi connectivity index (χ0n) is 18.1. The summed E-state index contributed by atoms with van der Waals surface area (Å²) in [6.07, 6.45) is 1.86. The van der Waals surface area contributed by atoms with Crippen LogP contribution >= 0.6 is 11.3 Å². The third-order valence-electron chi connectivity index (χ3n) is 5.30. The van der Waals surface area contributed by atoms with Crippen molar-refractivity contribution >= 4 is 17.2 Å². The van der Waals surface area contributed by atoms with E-state index in [1.54, 1.807) is 22.3 Å². The molecule has 0 atom stereocenters. The average Bonchev–Trinajstić information content (AvgIpc) is 3.44. The van der Waals surface area contributed by atoms with Crippen LogP contribution in [0.3, 0.4) is 0 Å². The number of hydrogen-bond acceptors (Lipinski definition) is 4. The van der Waals surface area contributed by atoms with Gasteiger partial charge in [-0.25, -0.2) is 9.37 Å². The summed E-state index contributed by atoms with van der Waals surface area (Å²) in [7, 11) is 1.82. The Labute approximate surface area is 191 Å². The zero-order valence-corrected chi connectivity index (χ0v) is 19.0. The van der Waals surface area contributed by atoms with Crippen LogP contribution in [0.4, 0.5) is 4.39 Å². The van der Waals surface area contributed by atoms with E-state index in [9.17, 15) is 9.18 Å². The van der Waals surface area contributed by atoms with Gasteiger partial charge in [-0.1, -0.05) is 42.0 Å². The van der Waals surface area contributed by atoms with E-state index in [2.05, 4.69) is 46.4 Å². The number of benzene rings is 2. The van der Waals surface area contributed by atoms with Crippen molar-refractivity contribution in [3.8, 4) is 21.8 Å². The number of carbonyl (C=O) groups excluding carboxylic acids is 1. The molecule has 2 aromatic heterocycles. The van der Waals surface area contributed by atoms with Gasteiger partial charge in [-0.3, -0.25) is 9.89 Å². The van der Waals surface area contributed by atoms with E-state index in [1.165, 1.54) is 17.7 Å². The topological polar surface area (TPSA) is 61.9 Å². The Morgan fingerprint density at radius 2 is 1.94 bits per heavy atom. The summed E-state index contributed by atoms with van der Waals surface area (Å²) in [5.74, 6) is -0.228. The number of aromatic amines is 1. The number of halogens is 1.